The van der Waals surface area contributed by atoms with Crippen molar-refractivity contribution >= 4 is 37.4 Å². The number of anilines is 1. The number of halogens is 1. The molecule has 9 heteroatoms. The van der Waals surface area contributed by atoms with Crippen LogP contribution in [0.25, 0.3) is 21.7 Å². The van der Waals surface area contributed by atoms with E-state index in [1.807, 2.05) is 66.7 Å². The van der Waals surface area contributed by atoms with Crippen molar-refractivity contribution in [2.24, 2.45) is 0 Å². The summed E-state index contributed by atoms with van der Waals surface area (Å²) in [7, 11) is -3.71. The maximum atomic E-state index is 13.6. The number of fused-ring (bicyclic) bond motifs is 2. The third kappa shape index (κ3) is 5.39. The van der Waals surface area contributed by atoms with Crippen LogP contribution < -0.4 is 9.04 Å². The van der Waals surface area contributed by atoms with E-state index < -0.39 is 16.1 Å². The summed E-state index contributed by atoms with van der Waals surface area (Å²) in [5.74, 6) is -0.153. The van der Waals surface area contributed by atoms with Crippen LogP contribution in [-0.2, 0) is 16.6 Å². The molecule has 0 fully saturated rings. The fourth-order valence-electron chi connectivity index (χ4n) is 5.54. The molecule has 6 aromatic rings. The number of hydrogen-bond acceptors (Lipinski definition) is 5. The number of benzene rings is 4. The van der Waals surface area contributed by atoms with E-state index in [4.69, 9.17) is 4.74 Å². The van der Waals surface area contributed by atoms with Gasteiger partial charge in [-0.3, -0.25) is 9.29 Å². The van der Waals surface area contributed by atoms with Crippen LogP contribution in [0.5, 0.6) is 11.6 Å². The van der Waals surface area contributed by atoms with Gasteiger partial charge in [-0.05, 0) is 47.9 Å². The van der Waals surface area contributed by atoms with Crippen molar-refractivity contribution in [1.29, 1.82) is 0 Å². The van der Waals surface area contributed by atoms with Gasteiger partial charge >= 0.3 is 0 Å². The van der Waals surface area contributed by atoms with Gasteiger partial charge < -0.3 is 14.4 Å². The molecular formula is C34H30FN3O4S. The molecule has 4 aromatic carbocycles. The normalized spacial score (nSPS) is 11.8. The first-order valence-corrected chi connectivity index (χ1v) is 15.7. The Balaban J connectivity index is 1.66. The molecule has 6 rings (SSSR count). The van der Waals surface area contributed by atoms with Gasteiger partial charge in [0.2, 0.25) is 15.9 Å². The van der Waals surface area contributed by atoms with Crippen molar-refractivity contribution in [3.05, 3.63) is 132 Å². The second-order valence-electron chi connectivity index (χ2n) is 10.3. The molecular weight excluding hydrogens is 565 g/mol. The first kappa shape index (κ1) is 28.2. The van der Waals surface area contributed by atoms with E-state index in [0.717, 1.165) is 22.9 Å². The number of aromatic hydroxyl groups is 1. The van der Waals surface area contributed by atoms with Crippen molar-refractivity contribution < 1.29 is 22.7 Å². The lowest BCUT2D eigenvalue weighted by molar-refractivity contribution is 0.252. The lowest BCUT2D eigenvalue weighted by atomic mass is 10.0. The van der Waals surface area contributed by atoms with Crippen molar-refractivity contribution in [2.45, 2.75) is 19.6 Å². The minimum absolute atomic E-state index is 0.118. The van der Waals surface area contributed by atoms with Crippen molar-refractivity contribution in [3.63, 3.8) is 0 Å². The maximum Gasteiger partial charge on any atom is 0.232 e. The van der Waals surface area contributed by atoms with Crippen molar-refractivity contribution in [1.82, 2.24) is 9.55 Å². The molecule has 0 aliphatic carbocycles. The van der Waals surface area contributed by atoms with Gasteiger partial charge in [-0.25, -0.2) is 12.8 Å². The van der Waals surface area contributed by atoms with E-state index in [1.165, 1.54) is 16.4 Å². The second-order valence-corrected chi connectivity index (χ2v) is 12.2. The Morgan fingerprint density at radius 1 is 0.907 bits per heavy atom. The van der Waals surface area contributed by atoms with E-state index in [2.05, 4.69) is 4.98 Å². The van der Waals surface area contributed by atoms with E-state index in [1.54, 1.807) is 42.1 Å². The van der Waals surface area contributed by atoms with Gasteiger partial charge in [-0.1, -0.05) is 72.8 Å². The SMILES string of the molecule is CCN(c1c2cccnc2c(OC(c2ccccc2)c2ccccc2)c2c(O)n(Cc3ccc(F)cc3)cc12)S(C)(=O)=O. The molecule has 0 spiro atoms. The third-order valence-electron chi connectivity index (χ3n) is 7.45. The van der Waals surface area contributed by atoms with Gasteiger partial charge in [0.1, 0.15) is 17.4 Å². The Hall–Kier alpha value is -4.89. The quantitative estimate of drug-likeness (QED) is 0.194. The minimum atomic E-state index is -3.71. The molecule has 43 heavy (non-hydrogen) atoms. The van der Waals surface area contributed by atoms with Crippen molar-refractivity contribution in [2.75, 3.05) is 17.1 Å². The summed E-state index contributed by atoms with van der Waals surface area (Å²) >= 11 is 0. The number of hydrogen-bond donors (Lipinski definition) is 1. The monoisotopic (exact) mass is 595 g/mol. The highest BCUT2D eigenvalue weighted by atomic mass is 32.2. The van der Waals surface area contributed by atoms with Gasteiger partial charge in [-0.2, -0.15) is 0 Å². The molecule has 0 unspecified atom stereocenters. The van der Waals surface area contributed by atoms with Crippen LogP contribution in [-0.4, -0.2) is 35.9 Å². The van der Waals surface area contributed by atoms with E-state index in [9.17, 15) is 17.9 Å². The molecule has 0 bridgehead atoms. The molecule has 0 radical (unpaired) electrons. The first-order valence-electron chi connectivity index (χ1n) is 13.9. The predicted molar refractivity (Wildman–Crippen MR) is 168 cm³/mol. The standard InChI is InChI=1S/C34H30FN3O4S/c1-3-38(43(2,40)41)31-27-15-10-20-36-30(27)33(42-32(24-11-6-4-7-12-24)25-13-8-5-9-14-25)29-28(31)22-37(34(29)39)21-23-16-18-26(35)19-17-23/h4-20,22,32,39H,3,21H2,1-2H3. The molecule has 0 amide bonds. The Kier molecular flexibility index (Phi) is 7.50. The molecule has 0 saturated carbocycles. The lowest BCUT2D eigenvalue weighted by Gasteiger charge is -2.26. The van der Waals surface area contributed by atoms with E-state index >= 15 is 0 Å². The lowest BCUT2D eigenvalue weighted by Crippen LogP contribution is -2.29. The van der Waals surface area contributed by atoms with Crippen LogP contribution in [0.4, 0.5) is 10.1 Å². The summed E-state index contributed by atoms with van der Waals surface area (Å²) in [5.41, 5.74) is 3.36. The van der Waals surface area contributed by atoms with Crippen LogP contribution in [0.1, 0.15) is 29.7 Å². The minimum Gasteiger partial charge on any atom is -0.494 e. The van der Waals surface area contributed by atoms with Gasteiger partial charge in [0.05, 0.1) is 23.9 Å². The molecule has 0 aliphatic rings. The molecule has 0 aliphatic heterocycles. The number of nitrogens with zero attached hydrogens (tertiary/aromatic N) is 3. The smallest absolute Gasteiger partial charge is 0.232 e. The average Bonchev–Trinajstić information content (AvgIpc) is 3.33. The second kappa shape index (κ2) is 11.4. The summed E-state index contributed by atoms with van der Waals surface area (Å²) in [6.45, 7) is 2.14. The highest BCUT2D eigenvalue weighted by Gasteiger charge is 2.30. The van der Waals surface area contributed by atoms with Crippen molar-refractivity contribution in [3.8, 4) is 11.6 Å². The number of rotatable bonds is 9. The van der Waals surface area contributed by atoms with E-state index in [0.29, 0.717) is 33.1 Å². The molecule has 1 N–H and O–H groups in total. The molecule has 2 aromatic heterocycles. The fraction of sp³-hybridized carbons (Fsp3) is 0.147. The molecule has 0 saturated heterocycles. The van der Waals surface area contributed by atoms with Crippen LogP contribution in [0.2, 0.25) is 0 Å². The number of pyridine rings is 1. The summed E-state index contributed by atoms with van der Waals surface area (Å²) in [6.07, 6.45) is 3.94. The van der Waals surface area contributed by atoms with Gasteiger partial charge in [0, 0.05) is 29.7 Å². The van der Waals surface area contributed by atoms with Crippen LogP contribution in [0.3, 0.4) is 0 Å². The van der Waals surface area contributed by atoms with E-state index in [-0.39, 0.29) is 24.8 Å². The fourth-order valence-corrected chi connectivity index (χ4v) is 6.54. The van der Waals surface area contributed by atoms with Crippen LogP contribution >= 0.6 is 0 Å². The molecule has 218 valence electrons. The molecule has 0 atom stereocenters. The molecule has 2 heterocycles. The number of aromatic nitrogens is 2. The Morgan fingerprint density at radius 2 is 1.53 bits per heavy atom. The first-order chi connectivity index (χ1) is 20.8. The zero-order valence-corrected chi connectivity index (χ0v) is 24.5. The van der Waals surface area contributed by atoms with Crippen LogP contribution in [0.15, 0.2) is 109 Å². The number of ether oxygens (including phenoxy) is 1. The molecule has 7 nitrogen and oxygen atoms in total. The summed E-state index contributed by atoms with van der Waals surface area (Å²) < 4.78 is 49.6. The van der Waals surface area contributed by atoms with Gasteiger partial charge in [-0.15, -0.1) is 0 Å². The highest BCUT2D eigenvalue weighted by molar-refractivity contribution is 7.92. The topological polar surface area (TPSA) is 84.7 Å². The summed E-state index contributed by atoms with van der Waals surface area (Å²) in [5, 5.41) is 13.2. The van der Waals surface area contributed by atoms with Gasteiger partial charge in [0.15, 0.2) is 5.75 Å². The number of sulfonamides is 1. The zero-order valence-electron chi connectivity index (χ0n) is 23.7. The van der Waals surface area contributed by atoms with Crippen LogP contribution in [0, 0.1) is 5.82 Å². The largest absolute Gasteiger partial charge is 0.494 e. The summed E-state index contributed by atoms with van der Waals surface area (Å²) in [6, 6.07) is 29.1. The predicted octanol–water partition coefficient (Wildman–Crippen LogP) is 7.04. The maximum absolute atomic E-state index is 13.6. The highest BCUT2D eigenvalue weighted by Crippen LogP contribution is 2.49. The summed E-state index contributed by atoms with van der Waals surface area (Å²) in [4.78, 5) is 4.67. The Labute approximate surface area is 249 Å². The third-order valence-corrected chi connectivity index (χ3v) is 8.69. The van der Waals surface area contributed by atoms with Gasteiger partial charge in [0.25, 0.3) is 0 Å². The average molecular weight is 596 g/mol. The Morgan fingerprint density at radius 3 is 2.12 bits per heavy atom. The zero-order chi connectivity index (χ0) is 30.1. The Bertz CT molecular complexity index is 1970.